The highest BCUT2D eigenvalue weighted by Gasteiger charge is 2.18. The molecule has 1 fully saturated rings. The van der Waals surface area contributed by atoms with Crippen LogP contribution in [-0.4, -0.2) is 48.5 Å². The van der Waals surface area contributed by atoms with Crippen molar-refractivity contribution in [2.24, 2.45) is 5.92 Å². The van der Waals surface area contributed by atoms with Gasteiger partial charge in [0.15, 0.2) is 0 Å². The van der Waals surface area contributed by atoms with Gasteiger partial charge in [-0.05, 0) is 52.1 Å². The number of rotatable bonds is 7. The van der Waals surface area contributed by atoms with E-state index in [4.69, 9.17) is 4.74 Å². The molecule has 1 rings (SSSR count). The number of ether oxygens (including phenoxy) is 1. The fraction of sp³-hybridized carbons (Fsp3) is 1.00. The van der Waals surface area contributed by atoms with Gasteiger partial charge in [-0.25, -0.2) is 0 Å². The van der Waals surface area contributed by atoms with E-state index in [0.29, 0.717) is 6.61 Å². The van der Waals surface area contributed by atoms with E-state index in [9.17, 15) is 5.11 Å². The van der Waals surface area contributed by atoms with Crippen LogP contribution in [0.2, 0.25) is 0 Å². The lowest BCUT2D eigenvalue weighted by Gasteiger charge is -2.23. The topological polar surface area (TPSA) is 32.7 Å². The van der Waals surface area contributed by atoms with Crippen molar-refractivity contribution in [3.8, 4) is 0 Å². The minimum absolute atomic E-state index is 0.206. The minimum atomic E-state index is -0.338. The van der Waals surface area contributed by atoms with Crippen molar-refractivity contribution in [2.45, 2.75) is 65.1 Å². The number of β-amino-alcohol motifs (C(OH)–C–C–N with tert-alkyl or cyclic N) is 1. The molecule has 3 heteroatoms. The molecule has 0 saturated carbocycles. The normalized spacial score (nSPS) is 24.2. The number of likely N-dealkylation sites (tertiary alicyclic amines) is 1. The van der Waals surface area contributed by atoms with Crippen LogP contribution in [0.25, 0.3) is 0 Å². The number of aliphatic hydroxyl groups excluding tert-OH is 1. The Bertz CT molecular complexity index is 209. The molecule has 18 heavy (non-hydrogen) atoms. The van der Waals surface area contributed by atoms with E-state index in [2.05, 4.69) is 11.8 Å². The SMILES string of the molecule is CCCC1CCCN(CC(O)COC(C)C)CC1. The lowest BCUT2D eigenvalue weighted by atomic mass is 9.96. The Morgan fingerprint density at radius 1 is 1.28 bits per heavy atom. The number of hydrogen-bond donors (Lipinski definition) is 1. The molecule has 0 aromatic carbocycles. The first-order chi connectivity index (χ1) is 8.61. The van der Waals surface area contributed by atoms with Gasteiger partial charge in [0.25, 0.3) is 0 Å². The average Bonchev–Trinajstić information content (AvgIpc) is 2.53. The van der Waals surface area contributed by atoms with E-state index in [1.54, 1.807) is 0 Å². The molecule has 2 atom stereocenters. The quantitative estimate of drug-likeness (QED) is 0.761. The zero-order valence-corrected chi connectivity index (χ0v) is 12.4. The Labute approximate surface area is 113 Å². The zero-order valence-electron chi connectivity index (χ0n) is 12.4. The first-order valence-electron chi connectivity index (χ1n) is 7.63. The second-order valence-electron chi connectivity index (χ2n) is 5.92. The summed E-state index contributed by atoms with van der Waals surface area (Å²) in [6.07, 6.45) is 6.48. The molecule has 1 heterocycles. The van der Waals surface area contributed by atoms with Crippen LogP contribution in [-0.2, 0) is 4.74 Å². The first-order valence-corrected chi connectivity index (χ1v) is 7.63. The maximum absolute atomic E-state index is 9.94. The van der Waals surface area contributed by atoms with Crippen LogP contribution in [0.1, 0.15) is 52.9 Å². The second kappa shape index (κ2) is 8.89. The molecule has 0 aliphatic carbocycles. The maximum Gasteiger partial charge on any atom is 0.0900 e. The van der Waals surface area contributed by atoms with Crippen LogP contribution in [0, 0.1) is 5.92 Å². The van der Waals surface area contributed by atoms with Gasteiger partial charge in [-0.15, -0.1) is 0 Å². The lowest BCUT2D eigenvalue weighted by Crippen LogP contribution is -2.36. The average molecular weight is 257 g/mol. The molecule has 2 unspecified atom stereocenters. The van der Waals surface area contributed by atoms with Crippen molar-refractivity contribution >= 4 is 0 Å². The van der Waals surface area contributed by atoms with E-state index in [1.165, 1.54) is 32.1 Å². The van der Waals surface area contributed by atoms with Gasteiger partial charge in [-0.3, -0.25) is 0 Å². The minimum Gasteiger partial charge on any atom is -0.389 e. The maximum atomic E-state index is 9.94. The highest BCUT2D eigenvalue weighted by Crippen LogP contribution is 2.21. The summed E-state index contributed by atoms with van der Waals surface area (Å²) in [5.41, 5.74) is 0. The number of aliphatic hydroxyl groups is 1. The summed E-state index contributed by atoms with van der Waals surface area (Å²) in [5, 5.41) is 9.94. The Hall–Kier alpha value is -0.120. The van der Waals surface area contributed by atoms with E-state index in [0.717, 1.165) is 25.6 Å². The fourth-order valence-corrected chi connectivity index (χ4v) is 2.76. The molecular weight excluding hydrogens is 226 g/mol. The Morgan fingerprint density at radius 2 is 2.06 bits per heavy atom. The Balaban J connectivity index is 2.21. The lowest BCUT2D eigenvalue weighted by molar-refractivity contribution is -0.00816. The molecular formula is C15H31NO2. The molecule has 0 radical (unpaired) electrons. The molecule has 1 saturated heterocycles. The van der Waals surface area contributed by atoms with Crippen molar-refractivity contribution in [3.63, 3.8) is 0 Å². The summed E-state index contributed by atoms with van der Waals surface area (Å²) in [6.45, 7) is 9.80. The van der Waals surface area contributed by atoms with Gasteiger partial charge >= 0.3 is 0 Å². The standard InChI is InChI=1S/C15H31NO2/c1-4-6-14-7-5-9-16(10-8-14)11-15(17)12-18-13(2)3/h13-15,17H,4-12H2,1-3H3. The van der Waals surface area contributed by atoms with E-state index in [1.807, 2.05) is 13.8 Å². The third-order valence-electron chi connectivity index (χ3n) is 3.73. The van der Waals surface area contributed by atoms with Crippen molar-refractivity contribution < 1.29 is 9.84 Å². The summed E-state index contributed by atoms with van der Waals surface area (Å²) in [6, 6.07) is 0. The second-order valence-corrected chi connectivity index (χ2v) is 5.92. The van der Waals surface area contributed by atoms with Crippen LogP contribution in [0.4, 0.5) is 0 Å². The van der Waals surface area contributed by atoms with Gasteiger partial charge in [0.2, 0.25) is 0 Å². The van der Waals surface area contributed by atoms with E-state index in [-0.39, 0.29) is 12.2 Å². The fourth-order valence-electron chi connectivity index (χ4n) is 2.76. The summed E-state index contributed by atoms with van der Waals surface area (Å²) < 4.78 is 5.46. The zero-order chi connectivity index (χ0) is 13.4. The summed E-state index contributed by atoms with van der Waals surface area (Å²) in [5.74, 6) is 0.907. The van der Waals surface area contributed by atoms with Crippen LogP contribution < -0.4 is 0 Å². The first kappa shape index (κ1) is 15.9. The molecule has 0 aromatic rings. The smallest absolute Gasteiger partial charge is 0.0900 e. The highest BCUT2D eigenvalue weighted by atomic mass is 16.5. The molecule has 3 nitrogen and oxygen atoms in total. The van der Waals surface area contributed by atoms with Gasteiger partial charge in [-0.2, -0.15) is 0 Å². The predicted octanol–water partition coefficient (Wildman–Crippen LogP) is 2.67. The van der Waals surface area contributed by atoms with Gasteiger partial charge in [-0.1, -0.05) is 19.8 Å². The largest absolute Gasteiger partial charge is 0.389 e. The number of nitrogens with zero attached hydrogens (tertiary/aromatic N) is 1. The predicted molar refractivity (Wildman–Crippen MR) is 75.8 cm³/mol. The molecule has 0 spiro atoms. The summed E-state index contributed by atoms with van der Waals surface area (Å²) in [7, 11) is 0. The third kappa shape index (κ3) is 6.72. The molecule has 0 amide bonds. The molecule has 0 bridgehead atoms. The van der Waals surface area contributed by atoms with Crippen molar-refractivity contribution in [3.05, 3.63) is 0 Å². The van der Waals surface area contributed by atoms with E-state index < -0.39 is 0 Å². The Kier molecular flexibility index (Phi) is 7.87. The molecule has 1 aliphatic rings. The van der Waals surface area contributed by atoms with Gasteiger partial charge in [0.05, 0.1) is 18.8 Å². The monoisotopic (exact) mass is 257 g/mol. The molecule has 1 aliphatic heterocycles. The number of hydrogen-bond acceptors (Lipinski definition) is 3. The van der Waals surface area contributed by atoms with Crippen molar-refractivity contribution in [1.29, 1.82) is 0 Å². The van der Waals surface area contributed by atoms with Crippen LogP contribution in [0.5, 0.6) is 0 Å². The van der Waals surface area contributed by atoms with E-state index >= 15 is 0 Å². The van der Waals surface area contributed by atoms with Gasteiger partial charge in [0, 0.05) is 6.54 Å². The highest BCUT2D eigenvalue weighted by molar-refractivity contribution is 4.72. The Morgan fingerprint density at radius 3 is 2.72 bits per heavy atom. The van der Waals surface area contributed by atoms with Gasteiger partial charge in [0.1, 0.15) is 0 Å². The summed E-state index contributed by atoms with van der Waals surface area (Å²) in [4.78, 5) is 2.41. The van der Waals surface area contributed by atoms with Crippen molar-refractivity contribution in [1.82, 2.24) is 4.90 Å². The van der Waals surface area contributed by atoms with Crippen LogP contribution in [0.15, 0.2) is 0 Å². The third-order valence-corrected chi connectivity index (χ3v) is 3.73. The van der Waals surface area contributed by atoms with Crippen molar-refractivity contribution in [2.75, 3.05) is 26.2 Å². The van der Waals surface area contributed by atoms with Gasteiger partial charge < -0.3 is 14.7 Å². The van der Waals surface area contributed by atoms with Crippen LogP contribution >= 0.6 is 0 Å². The molecule has 0 aromatic heterocycles. The molecule has 108 valence electrons. The molecule has 1 N–H and O–H groups in total. The summed E-state index contributed by atoms with van der Waals surface area (Å²) >= 11 is 0. The van der Waals surface area contributed by atoms with Crippen LogP contribution in [0.3, 0.4) is 0 Å².